The van der Waals surface area contributed by atoms with Gasteiger partial charge in [-0.3, -0.25) is 0 Å². The molecule has 16 heavy (non-hydrogen) atoms. The normalized spacial score (nSPS) is 19.1. The third kappa shape index (κ3) is 1.75. The first-order valence-electron chi connectivity index (χ1n) is 5.33. The third-order valence-corrected chi connectivity index (χ3v) is 3.69. The van der Waals surface area contributed by atoms with Crippen LogP contribution >= 0.6 is 11.8 Å². The van der Waals surface area contributed by atoms with E-state index in [9.17, 15) is 0 Å². The molecular formula is C14H12OS. The fourth-order valence-electron chi connectivity index (χ4n) is 1.99. The molecule has 0 bridgehead atoms. The minimum atomic E-state index is 0.0960. The highest BCUT2D eigenvalue weighted by Gasteiger charge is 2.21. The lowest BCUT2D eigenvalue weighted by molar-refractivity contribution is 0.115. The second-order valence-electron chi connectivity index (χ2n) is 3.76. The molecular weight excluding hydrogens is 216 g/mol. The van der Waals surface area contributed by atoms with Gasteiger partial charge in [-0.25, -0.2) is 0 Å². The zero-order valence-electron chi connectivity index (χ0n) is 8.80. The molecule has 1 aliphatic heterocycles. The summed E-state index contributed by atoms with van der Waals surface area (Å²) in [6, 6.07) is 18.9. The van der Waals surface area contributed by atoms with Gasteiger partial charge in [0, 0.05) is 4.90 Å². The smallest absolute Gasteiger partial charge is 0.110 e. The molecule has 1 nitrogen and oxygen atoms in total. The minimum absolute atomic E-state index is 0.0960. The van der Waals surface area contributed by atoms with Crippen molar-refractivity contribution in [1.82, 2.24) is 0 Å². The van der Waals surface area contributed by atoms with Gasteiger partial charge in [-0.15, -0.1) is 0 Å². The van der Waals surface area contributed by atoms with Crippen molar-refractivity contribution < 1.29 is 4.74 Å². The highest BCUT2D eigenvalue weighted by molar-refractivity contribution is 7.99. The Morgan fingerprint density at radius 2 is 1.69 bits per heavy atom. The summed E-state index contributed by atoms with van der Waals surface area (Å²) < 4.78 is 5.85. The van der Waals surface area contributed by atoms with Crippen molar-refractivity contribution in [2.24, 2.45) is 0 Å². The van der Waals surface area contributed by atoms with Crippen molar-refractivity contribution >= 4 is 11.8 Å². The van der Waals surface area contributed by atoms with Crippen LogP contribution in [-0.4, -0.2) is 5.94 Å². The van der Waals surface area contributed by atoms with Crippen LogP contribution in [0.2, 0.25) is 0 Å². The van der Waals surface area contributed by atoms with E-state index in [4.69, 9.17) is 4.74 Å². The number of rotatable bonds is 1. The van der Waals surface area contributed by atoms with Crippen LogP contribution in [0.3, 0.4) is 0 Å². The molecule has 0 saturated carbocycles. The monoisotopic (exact) mass is 228 g/mol. The second-order valence-corrected chi connectivity index (χ2v) is 4.72. The lowest BCUT2D eigenvalue weighted by atomic mass is 10.0. The van der Waals surface area contributed by atoms with E-state index in [2.05, 4.69) is 48.5 Å². The molecule has 0 aliphatic carbocycles. The average molecular weight is 228 g/mol. The lowest BCUT2D eigenvalue weighted by Crippen LogP contribution is -2.11. The van der Waals surface area contributed by atoms with Crippen LogP contribution in [0.5, 0.6) is 0 Å². The third-order valence-electron chi connectivity index (χ3n) is 2.75. The summed E-state index contributed by atoms with van der Waals surface area (Å²) in [6.07, 6.45) is 0.0960. The molecule has 0 N–H and O–H groups in total. The Morgan fingerprint density at radius 3 is 2.56 bits per heavy atom. The molecule has 1 aliphatic rings. The number of benzene rings is 2. The first-order chi connectivity index (χ1) is 7.95. The summed E-state index contributed by atoms with van der Waals surface area (Å²) in [6.45, 7) is 0. The Hall–Kier alpha value is -1.25. The summed E-state index contributed by atoms with van der Waals surface area (Å²) in [5, 5.41) is 0. The van der Waals surface area contributed by atoms with Crippen molar-refractivity contribution in [3.05, 3.63) is 65.7 Å². The molecule has 0 spiro atoms. The maximum atomic E-state index is 5.85. The Kier molecular flexibility index (Phi) is 2.68. The van der Waals surface area contributed by atoms with Gasteiger partial charge < -0.3 is 4.74 Å². The van der Waals surface area contributed by atoms with Crippen LogP contribution in [0.4, 0.5) is 0 Å². The highest BCUT2D eigenvalue weighted by Crippen LogP contribution is 2.38. The molecule has 2 heteroatoms. The van der Waals surface area contributed by atoms with Crippen molar-refractivity contribution in [2.75, 3.05) is 5.94 Å². The molecule has 3 rings (SSSR count). The van der Waals surface area contributed by atoms with Gasteiger partial charge in [0.05, 0.1) is 5.94 Å². The molecule has 1 heterocycles. The summed E-state index contributed by atoms with van der Waals surface area (Å²) >= 11 is 1.76. The molecule has 0 aromatic heterocycles. The predicted molar refractivity (Wildman–Crippen MR) is 66.5 cm³/mol. The Labute approximate surface area is 99.4 Å². The number of fused-ring (bicyclic) bond motifs is 1. The van der Waals surface area contributed by atoms with E-state index in [0.29, 0.717) is 0 Å². The number of hydrogen-bond donors (Lipinski definition) is 0. The molecule has 0 saturated heterocycles. The number of ether oxygens (including phenoxy) is 1. The van der Waals surface area contributed by atoms with E-state index in [-0.39, 0.29) is 6.10 Å². The van der Waals surface area contributed by atoms with E-state index >= 15 is 0 Å². The van der Waals surface area contributed by atoms with Gasteiger partial charge in [-0.2, -0.15) is 0 Å². The average Bonchev–Trinajstić information content (AvgIpc) is 2.39. The summed E-state index contributed by atoms with van der Waals surface area (Å²) in [5.41, 5.74) is 2.51. The molecule has 80 valence electrons. The minimum Gasteiger partial charge on any atom is -0.358 e. The molecule has 1 unspecified atom stereocenters. The predicted octanol–water partition coefficient (Wildman–Crippen LogP) is 3.86. The fourth-order valence-corrected chi connectivity index (χ4v) is 2.84. The van der Waals surface area contributed by atoms with E-state index < -0.39 is 0 Å². The maximum absolute atomic E-state index is 5.85. The molecule has 2 aromatic carbocycles. The molecule has 0 amide bonds. The van der Waals surface area contributed by atoms with Gasteiger partial charge in [0.15, 0.2) is 0 Å². The van der Waals surface area contributed by atoms with Gasteiger partial charge >= 0.3 is 0 Å². The highest BCUT2D eigenvalue weighted by atomic mass is 32.2. The standard InChI is InChI=1S/C14H12OS/c1-2-6-11(7-3-1)14-12-8-4-5-9-13(12)16-10-15-14/h1-9,14H,10H2. The van der Waals surface area contributed by atoms with Crippen LogP contribution in [0.25, 0.3) is 0 Å². The Bertz CT molecular complexity index is 481. The Balaban J connectivity index is 2.05. The van der Waals surface area contributed by atoms with Crippen LogP contribution in [0, 0.1) is 0 Å². The second kappa shape index (κ2) is 4.32. The first kappa shape index (κ1) is 9.94. The van der Waals surface area contributed by atoms with Crippen molar-refractivity contribution in [2.45, 2.75) is 11.0 Å². The molecule has 2 aromatic rings. The van der Waals surface area contributed by atoms with Crippen molar-refractivity contribution in [1.29, 1.82) is 0 Å². The number of thioether (sulfide) groups is 1. The number of hydrogen-bond acceptors (Lipinski definition) is 2. The van der Waals surface area contributed by atoms with Gasteiger partial charge in [-0.05, 0) is 17.2 Å². The SMILES string of the molecule is c1ccc(C2OCSc3ccccc32)cc1. The summed E-state index contributed by atoms with van der Waals surface area (Å²) in [4.78, 5) is 1.34. The van der Waals surface area contributed by atoms with Gasteiger partial charge in [0.2, 0.25) is 0 Å². The van der Waals surface area contributed by atoms with E-state index in [1.54, 1.807) is 11.8 Å². The fraction of sp³-hybridized carbons (Fsp3) is 0.143. The molecule has 0 fully saturated rings. The Morgan fingerprint density at radius 1 is 0.938 bits per heavy atom. The molecule has 1 atom stereocenters. The van der Waals surface area contributed by atoms with Gasteiger partial charge in [0.1, 0.15) is 6.10 Å². The quantitative estimate of drug-likeness (QED) is 0.733. The van der Waals surface area contributed by atoms with Crippen LogP contribution in [0.1, 0.15) is 17.2 Å². The van der Waals surface area contributed by atoms with Crippen LogP contribution < -0.4 is 0 Å². The van der Waals surface area contributed by atoms with E-state index in [0.717, 1.165) is 5.94 Å². The zero-order chi connectivity index (χ0) is 10.8. The topological polar surface area (TPSA) is 9.23 Å². The maximum Gasteiger partial charge on any atom is 0.110 e. The summed E-state index contributed by atoms with van der Waals surface area (Å²) in [5.74, 6) is 0.733. The van der Waals surface area contributed by atoms with Crippen LogP contribution in [0.15, 0.2) is 59.5 Å². The first-order valence-corrected chi connectivity index (χ1v) is 6.32. The van der Waals surface area contributed by atoms with Gasteiger partial charge in [0.25, 0.3) is 0 Å². The van der Waals surface area contributed by atoms with E-state index in [1.165, 1.54) is 16.0 Å². The van der Waals surface area contributed by atoms with Crippen molar-refractivity contribution in [3.8, 4) is 0 Å². The molecule has 0 radical (unpaired) electrons. The lowest BCUT2D eigenvalue weighted by Gasteiger charge is -2.25. The van der Waals surface area contributed by atoms with E-state index in [1.807, 2.05) is 6.07 Å². The summed E-state index contributed by atoms with van der Waals surface area (Å²) in [7, 11) is 0. The zero-order valence-corrected chi connectivity index (χ0v) is 9.61. The van der Waals surface area contributed by atoms with Gasteiger partial charge in [-0.1, -0.05) is 60.3 Å². The van der Waals surface area contributed by atoms with Crippen molar-refractivity contribution in [3.63, 3.8) is 0 Å². The van der Waals surface area contributed by atoms with Crippen LogP contribution in [-0.2, 0) is 4.74 Å². The largest absolute Gasteiger partial charge is 0.358 e.